The van der Waals surface area contributed by atoms with Crippen LogP contribution in [0.15, 0.2) is 30.0 Å². The number of aromatic carboxylic acids is 1. The molecular weight excluding hydrogens is 242 g/mol. The Kier molecular flexibility index (Phi) is 4.10. The number of allylic oxidation sites excluding steroid dienone is 1. The summed E-state index contributed by atoms with van der Waals surface area (Å²) in [5.41, 5.74) is 0.369. The van der Waals surface area contributed by atoms with Crippen molar-refractivity contribution in [3.8, 4) is 12.1 Å². The third-order valence-electron chi connectivity index (χ3n) is 1.83. The highest BCUT2D eigenvalue weighted by molar-refractivity contribution is 6.33. The summed E-state index contributed by atoms with van der Waals surface area (Å²) in [6, 6.07) is 7.44. The van der Waals surface area contributed by atoms with Gasteiger partial charge in [0, 0.05) is 6.20 Å². The summed E-state index contributed by atoms with van der Waals surface area (Å²) in [5, 5.41) is 28.6. The molecule has 5 nitrogen and oxygen atoms in total. The fraction of sp³-hybridized carbons (Fsp3) is 0. The monoisotopic (exact) mass is 247 g/mol. The zero-order valence-corrected chi connectivity index (χ0v) is 9.19. The Hall–Kier alpha value is -2.50. The van der Waals surface area contributed by atoms with Gasteiger partial charge in [0.1, 0.15) is 17.7 Å². The summed E-state index contributed by atoms with van der Waals surface area (Å²) < 4.78 is 0. The van der Waals surface area contributed by atoms with Gasteiger partial charge >= 0.3 is 5.97 Å². The molecule has 0 saturated carbocycles. The van der Waals surface area contributed by atoms with E-state index in [0.717, 1.165) is 0 Å². The van der Waals surface area contributed by atoms with Gasteiger partial charge in [-0.3, -0.25) is 0 Å². The predicted octanol–water partition coefficient (Wildman–Crippen LogP) is 2.38. The van der Waals surface area contributed by atoms with Crippen LogP contribution in [0.2, 0.25) is 5.02 Å². The van der Waals surface area contributed by atoms with Crippen molar-refractivity contribution in [2.75, 3.05) is 5.32 Å². The molecule has 0 spiro atoms. The highest BCUT2D eigenvalue weighted by Crippen LogP contribution is 2.23. The Balaban J connectivity index is 2.96. The minimum atomic E-state index is -1.08. The molecule has 84 valence electrons. The molecule has 0 unspecified atom stereocenters. The van der Waals surface area contributed by atoms with Gasteiger partial charge in [0.25, 0.3) is 0 Å². The van der Waals surface area contributed by atoms with Crippen molar-refractivity contribution in [1.29, 1.82) is 10.5 Å². The maximum absolute atomic E-state index is 10.6. The average Bonchev–Trinajstić information content (AvgIpc) is 2.31. The summed E-state index contributed by atoms with van der Waals surface area (Å²) in [7, 11) is 0. The Morgan fingerprint density at radius 3 is 2.53 bits per heavy atom. The molecule has 0 aliphatic rings. The molecule has 17 heavy (non-hydrogen) atoms. The molecule has 0 atom stereocenters. The lowest BCUT2D eigenvalue weighted by Crippen LogP contribution is -1.97. The smallest absolute Gasteiger partial charge is 0.335 e. The Bertz CT molecular complexity index is 551. The van der Waals surface area contributed by atoms with E-state index in [1.807, 2.05) is 0 Å². The van der Waals surface area contributed by atoms with Crippen LogP contribution >= 0.6 is 11.6 Å². The van der Waals surface area contributed by atoms with E-state index >= 15 is 0 Å². The summed E-state index contributed by atoms with van der Waals surface area (Å²) in [5.74, 6) is -1.08. The summed E-state index contributed by atoms with van der Waals surface area (Å²) in [6.07, 6.45) is 1.20. The molecule has 0 fully saturated rings. The van der Waals surface area contributed by atoms with Crippen LogP contribution in [0.4, 0.5) is 5.69 Å². The number of benzene rings is 1. The van der Waals surface area contributed by atoms with Crippen LogP contribution in [-0.4, -0.2) is 11.1 Å². The van der Waals surface area contributed by atoms with E-state index in [9.17, 15) is 4.79 Å². The zero-order valence-electron chi connectivity index (χ0n) is 8.44. The zero-order chi connectivity index (χ0) is 12.8. The van der Waals surface area contributed by atoms with Crippen molar-refractivity contribution in [3.05, 3.63) is 40.6 Å². The number of anilines is 1. The van der Waals surface area contributed by atoms with Crippen LogP contribution in [0.5, 0.6) is 0 Å². The molecule has 0 aliphatic carbocycles. The quantitative estimate of drug-likeness (QED) is 0.799. The molecule has 0 radical (unpaired) electrons. The maximum atomic E-state index is 10.6. The van der Waals surface area contributed by atoms with Gasteiger partial charge in [-0.25, -0.2) is 4.79 Å². The molecule has 1 rings (SSSR count). The van der Waals surface area contributed by atoms with E-state index in [0.29, 0.717) is 5.69 Å². The van der Waals surface area contributed by atoms with Gasteiger partial charge in [0.15, 0.2) is 0 Å². The number of carboxylic acid groups (broad SMARTS) is 1. The van der Waals surface area contributed by atoms with E-state index in [1.165, 1.54) is 24.4 Å². The summed E-state index contributed by atoms with van der Waals surface area (Å²) in [4.78, 5) is 10.6. The van der Waals surface area contributed by atoms with E-state index < -0.39 is 5.97 Å². The first-order valence-electron chi connectivity index (χ1n) is 4.38. The van der Waals surface area contributed by atoms with Crippen molar-refractivity contribution in [3.63, 3.8) is 0 Å². The normalized spacial score (nSPS) is 8.65. The predicted molar refractivity (Wildman–Crippen MR) is 61.3 cm³/mol. The second kappa shape index (κ2) is 5.55. The molecule has 1 aromatic rings. The fourth-order valence-corrected chi connectivity index (χ4v) is 1.24. The Labute approximate surface area is 102 Å². The lowest BCUT2D eigenvalue weighted by molar-refractivity contribution is 0.0697. The molecule has 2 N–H and O–H groups in total. The Morgan fingerprint density at radius 1 is 1.41 bits per heavy atom. The van der Waals surface area contributed by atoms with Gasteiger partial charge < -0.3 is 10.4 Å². The number of halogens is 1. The highest BCUT2D eigenvalue weighted by atomic mass is 35.5. The molecule has 0 bridgehead atoms. The SMILES string of the molecule is N#CC(C#N)=CNc1ccc(C(=O)O)cc1Cl. The molecular formula is C11H6ClN3O2. The van der Waals surface area contributed by atoms with Crippen molar-refractivity contribution in [1.82, 2.24) is 0 Å². The highest BCUT2D eigenvalue weighted by Gasteiger charge is 2.06. The molecule has 0 aromatic heterocycles. The van der Waals surface area contributed by atoms with Crippen molar-refractivity contribution >= 4 is 23.3 Å². The van der Waals surface area contributed by atoms with Crippen molar-refractivity contribution in [2.45, 2.75) is 0 Å². The molecule has 1 aromatic carbocycles. The number of hydrogen-bond donors (Lipinski definition) is 2. The summed E-state index contributed by atoms with van der Waals surface area (Å²) >= 11 is 5.82. The van der Waals surface area contributed by atoms with E-state index in [4.69, 9.17) is 27.2 Å². The third-order valence-corrected chi connectivity index (χ3v) is 2.14. The molecule has 0 saturated heterocycles. The van der Waals surface area contributed by atoms with Crippen LogP contribution in [0.25, 0.3) is 0 Å². The number of rotatable bonds is 3. The number of nitrogens with zero attached hydrogens (tertiary/aromatic N) is 2. The van der Waals surface area contributed by atoms with Gasteiger partial charge in [-0.05, 0) is 18.2 Å². The number of nitriles is 2. The second-order valence-electron chi connectivity index (χ2n) is 2.93. The number of carboxylic acids is 1. The maximum Gasteiger partial charge on any atom is 0.335 e. The average molecular weight is 248 g/mol. The summed E-state index contributed by atoms with van der Waals surface area (Å²) in [6.45, 7) is 0. The van der Waals surface area contributed by atoms with Crippen LogP contribution in [-0.2, 0) is 0 Å². The van der Waals surface area contributed by atoms with Crippen molar-refractivity contribution < 1.29 is 9.90 Å². The van der Waals surface area contributed by atoms with Gasteiger partial charge in [0.05, 0.1) is 16.3 Å². The first-order chi connectivity index (χ1) is 8.08. The first-order valence-corrected chi connectivity index (χ1v) is 4.76. The fourth-order valence-electron chi connectivity index (χ4n) is 1.00. The number of nitrogens with one attached hydrogen (secondary N) is 1. The third kappa shape index (κ3) is 3.23. The lowest BCUT2D eigenvalue weighted by Gasteiger charge is -2.04. The lowest BCUT2D eigenvalue weighted by atomic mass is 10.2. The first kappa shape index (κ1) is 12.6. The largest absolute Gasteiger partial charge is 0.478 e. The van der Waals surface area contributed by atoms with Gasteiger partial charge in [-0.2, -0.15) is 10.5 Å². The van der Waals surface area contributed by atoms with Crippen LogP contribution in [0.3, 0.4) is 0 Å². The minimum absolute atomic E-state index is 0.0605. The van der Waals surface area contributed by atoms with E-state index in [1.54, 1.807) is 12.1 Å². The standard InChI is InChI=1S/C11H6ClN3O2/c12-9-3-8(11(16)17)1-2-10(9)15-6-7(4-13)5-14/h1-3,6,15H,(H,16,17). The van der Waals surface area contributed by atoms with E-state index in [2.05, 4.69) is 5.32 Å². The number of carbonyl (C=O) groups is 1. The van der Waals surface area contributed by atoms with Gasteiger partial charge in [-0.15, -0.1) is 0 Å². The van der Waals surface area contributed by atoms with E-state index in [-0.39, 0.29) is 16.2 Å². The Morgan fingerprint density at radius 2 is 2.06 bits per heavy atom. The van der Waals surface area contributed by atoms with Gasteiger partial charge in [0.2, 0.25) is 0 Å². The molecule has 0 aliphatic heterocycles. The van der Waals surface area contributed by atoms with Gasteiger partial charge in [-0.1, -0.05) is 11.6 Å². The van der Waals surface area contributed by atoms with Crippen LogP contribution in [0.1, 0.15) is 10.4 Å². The minimum Gasteiger partial charge on any atom is -0.478 e. The van der Waals surface area contributed by atoms with Crippen LogP contribution in [0, 0.1) is 22.7 Å². The topological polar surface area (TPSA) is 96.9 Å². The number of hydrogen-bond acceptors (Lipinski definition) is 4. The van der Waals surface area contributed by atoms with Crippen LogP contribution < -0.4 is 5.32 Å². The molecule has 0 amide bonds. The van der Waals surface area contributed by atoms with Crippen molar-refractivity contribution in [2.24, 2.45) is 0 Å². The molecule has 0 heterocycles. The second-order valence-corrected chi connectivity index (χ2v) is 3.33. The molecule has 6 heteroatoms.